The van der Waals surface area contributed by atoms with Gasteiger partial charge in [-0.25, -0.2) is 4.79 Å². The highest BCUT2D eigenvalue weighted by atomic mass is 16.7. The molecule has 0 aliphatic rings. The Morgan fingerprint density at radius 3 is 2.41 bits per heavy atom. The molecule has 0 spiro atoms. The molecule has 1 atom stereocenters. The van der Waals surface area contributed by atoms with Crippen molar-refractivity contribution >= 4 is 39.2 Å². The number of fused-ring (bicyclic) bond motifs is 3. The SMILES string of the molecule is CCCCC(CC)C/C(=N\OC(C)=O)c1ccc2c(c1)c1cc([N+](=O)[O-])ccc1n2CC. The number of nitro benzene ring substituents is 1. The highest BCUT2D eigenvalue weighted by Crippen LogP contribution is 2.33. The minimum absolute atomic E-state index is 0.0671. The second-order valence-electron chi connectivity index (χ2n) is 8.18. The summed E-state index contributed by atoms with van der Waals surface area (Å²) < 4.78 is 2.15. The minimum atomic E-state index is -0.455. The molecule has 1 unspecified atom stereocenters. The molecule has 0 bridgehead atoms. The van der Waals surface area contributed by atoms with Crippen molar-refractivity contribution in [3.05, 3.63) is 52.1 Å². The van der Waals surface area contributed by atoms with Crippen molar-refractivity contribution in [2.24, 2.45) is 11.1 Å². The van der Waals surface area contributed by atoms with Gasteiger partial charge in [0.2, 0.25) is 0 Å². The van der Waals surface area contributed by atoms with Crippen LogP contribution in [0.5, 0.6) is 0 Å². The van der Waals surface area contributed by atoms with E-state index >= 15 is 0 Å². The van der Waals surface area contributed by atoms with E-state index in [0.717, 1.165) is 65.3 Å². The summed E-state index contributed by atoms with van der Waals surface area (Å²) in [5, 5.41) is 17.3. The van der Waals surface area contributed by atoms with E-state index in [1.54, 1.807) is 12.1 Å². The molecular formula is C25H31N3O4. The Morgan fingerprint density at radius 2 is 1.81 bits per heavy atom. The van der Waals surface area contributed by atoms with Gasteiger partial charge in [0, 0.05) is 53.0 Å². The van der Waals surface area contributed by atoms with Crippen LogP contribution in [0.25, 0.3) is 21.8 Å². The summed E-state index contributed by atoms with van der Waals surface area (Å²) in [6.07, 6.45) is 5.10. The number of aryl methyl sites for hydroxylation is 1. The minimum Gasteiger partial charge on any atom is -0.341 e. The molecule has 0 saturated heterocycles. The molecule has 7 heteroatoms. The molecule has 0 fully saturated rings. The van der Waals surface area contributed by atoms with Crippen molar-refractivity contribution in [2.75, 3.05) is 0 Å². The lowest BCUT2D eigenvalue weighted by Crippen LogP contribution is -2.11. The normalized spacial score (nSPS) is 12.9. The van der Waals surface area contributed by atoms with Gasteiger partial charge >= 0.3 is 5.97 Å². The van der Waals surface area contributed by atoms with Gasteiger partial charge in [-0.05, 0) is 37.5 Å². The Kier molecular flexibility index (Phi) is 7.62. The molecule has 0 aliphatic carbocycles. The number of hydrogen-bond acceptors (Lipinski definition) is 5. The van der Waals surface area contributed by atoms with Crippen molar-refractivity contribution < 1.29 is 14.6 Å². The number of benzene rings is 2. The number of hydrogen-bond donors (Lipinski definition) is 0. The first-order chi connectivity index (χ1) is 15.4. The zero-order valence-corrected chi connectivity index (χ0v) is 19.3. The topological polar surface area (TPSA) is 86.7 Å². The summed E-state index contributed by atoms with van der Waals surface area (Å²) in [5.41, 5.74) is 3.63. The summed E-state index contributed by atoms with van der Waals surface area (Å²) in [5.74, 6) is -0.0126. The predicted octanol–water partition coefficient (Wildman–Crippen LogP) is 6.60. The first kappa shape index (κ1) is 23.4. The third kappa shape index (κ3) is 4.98. The van der Waals surface area contributed by atoms with Gasteiger partial charge in [-0.15, -0.1) is 0 Å². The van der Waals surface area contributed by atoms with Gasteiger partial charge in [-0.1, -0.05) is 50.8 Å². The fourth-order valence-electron chi connectivity index (χ4n) is 4.27. The van der Waals surface area contributed by atoms with Crippen LogP contribution in [0.15, 0.2) is 41.6 Å². The van der Waals surface area contributed by atoms with Crippen molar-refractivity contribution in [3.8, 4) is 0 Å². The molecule has 1 heterocycles. The van der Waals surface area contributed by atoms with Gasteiger partial charge in [0.05, 0.1) is 10.6 Å². The summed E-state index contributed by atoms with van der Waals surface area (Å²) in [7, 11) is 0. The Labute approximate surface area is 188 Å². The van der Waals surface area contributed by atoms with Gasteiger partial charge in [0.15, 0.2) is 0 Å². The molecule has 3 aromatic rings. The zero-order chi connectivity index (χ0) is 23.3. The van der Waals surface area contributed by atoms with E-state index in [9.17, 15) is 14.9 Å². The molecule has 7 nitrogen and oxygen atoms in total. The predicted molar refractivity (Wildman–Crippen MR) is 128 cm³/mol. The summed E-state index contributed by atoms with van der Waals surface area (Å²) >= 11 is 0. The van der Waals surface area contributed by atoms with Crippen LogP contribution < -0.4 is 0 Å². The van der Waals surface area contributed by atoms with Crippen molar-refractivity contribution in [1.29, 1.82) is 0 Å². The smallest absolute Gasteiger partial charge is 0.331 e. The Morgan fingerprint density at radius 1 is 1.12 bits per heavy atom. The fraction of sp³-hybridized carbons (Fsp3) is 0.440. The zero-order valence-electron chi connectivity index (χ0n) is 19.3. The number of non-ortho nitro benzene ring substituents is 1. The second-order valence-corrected chi connectivity index (χ2v) is 8.18. The van der Waals surface area contributed by atoms with Gasteiger partial charge in [-0.2, -0.15) is 0 Å². The Bertz CT molecular complexity index is 1160. The lowest BCUT2D eigenvalue weighted by molar-refractivity contribution is -0.384. The molecular weight excluding hydrogens is 406 g/mol. The van der Waals surface area contributed by atoms with Crippen molar-refractivity contribution in [2.45, 2.75) is 66.3 Å². The van der Waals surface area contributed by atoms with Crippen LogP contribution >= 0.6 is 0 Å². The monoisotopic (exact) mass is 437 g/mol. The van der Waals surface area contributed by atoms with Crippen molar-refractivity contribution in [1.82, 2.24) is 4.57 Å². The average Bonchev–Trinajstić information content (AvgIpc) is 3.10. The van der Waals surface area contributed by atoms with Crippen LogP contribution in [0.1, 0.15) is 65.4 Å². The molecule has 0 saturated carbocycles. The van der Waals surface area contributed by atoms with E-state index in [2.05, 4.69) is 30.5 Å². The highest BCUT2D eigenvalue weighted by molar-refractivity contribution is 6.12. The molecule has 2 aromatic carbocycles. The van der Waals surface area contributed by atoms with E-state index in [0.29, 0.717) is 12.3 Å². The maximum Gasteiger partial charge on any atom is 0.331 e. The number of carbonyl (C=O) groups is 1. The number of rotatable bonds is 10. The van der Waals surface area contributed by atoms with E-state index < -0.39 is 5.97 Å². The largest absolute Gasteiger partial charge is 0.341 e. The van der Waals surface area contributed by atoms with E-state index in [-0.39, 0.29) is 10.6 Å². The van der Waals surface area contributed by atoms with Gasteiger partial charge < -0.3 is 9.40 Å². The molecule has 0 N–H and O–H groups in total. The van der Waals surface area contributed by atoms with Crippen molar-refractivity contribution in [3.63, 3.8) is 0 Å². The van der Waals surface area contributed by atoms with Crippen LogP contribution in [0, 0.1) is 16.0 Å². The second kappa shape index (κ2) is 10.4. The third-order valence-electron chi connectivity index (χ3n) is 6.02. The quantitative estimate of drug-likeness (QED) is 0.155. The summed E-state index contributed by atoms with van der Waals surface area (Å²) in [4.78, 5) is 27.5. The van der Waals surface area contributed by atoms with Crippen LogP contribution in [0.3, 0.4) is 0 Å². The number of unbranched alkanes of at least 4 members (excludes halogenated alkanes) is 1. The van der Waals surface area contributed by atoms with Crippen LogP contribution in [0.4, 0.5) is 5.69 Å². The van der Waals surface area contributed by atoms with Gasteiger partial charge in [-0.3, -0.25) is 10.1 Å². The molecule has 3 rings (SSSR count). The molecule has 32 heavy (non-hydrogen) atoms. The van der Waals surface area contributed by atoms with E-state index in [1.807, 2.05) is 24.3 Å². The van der Waals surface area contributed by atoms with Crippen LogP contribution in [-0.2, 0) is 16.2 Å². The Hall–Kier alpha value is -3.22. The van der Waals surface area contributed by atoms with E-state index in [4.69, 9.17) is 4.84 Å². The third-order valence-corrected chi connectivity index (χ3v) is 6.02. The summed E-state index contributed by atoms with van der Waals surface area (Å²) in [6, 6.07) is 11.0. The molecule has 0 radical (unpaired) electrons. The fourth-order valence-corrected chi connectivity index (χ4v) is 4.27. The number of nitro groups is 1. The number of nitrogens with zero attached hydrogens (tertiary/aromatic N) is 3. The standard InChI is InChI=1S/C25H31N3O4/c1-5-8-9-18(6-2)14-23(26-32-17(4)29)19-10-12-24-21(15-19)22-16-20(28(30)31)11-13-25(22)27(24)7-3/h10-13,15-16,18H,5-9,14H2,1-4H3/b26-23+. The average molecular weight is 438 g/mol. The molecule has 0 amide bonds. The Balaban J connectivity index is 2.14. The molecule has 0 aliphatic heterocycles. The number of oxime groups is 1. The maximum atomic E-state index is 11.4. The first-order valence-electron chi connectivity index (χ1n) is 11.3. The van der Waals surface area contributed by atoms with Gasteiger partial charge in [0.1, 0.15) is 0 Å². The van der Waals surface area contributed by atoms with Gasteiger partial charge in [0.25, 0.3) is 5.69 Å². The highest BCUT2D eigenvalue weighted by Gasteiger charge is 2.18. The van der Waals surface area contributed by atoms with Crippen LogP contribution in [-0.4, -0.2) is 21.2 Å². The summed E-state index contributed by atoms with van der Waals surface area (Å²) in [6.45, 7) is 8.49. The van der Waals surface area contributed by atoms with E-state index in [1.165, 1.54) is 6.92 Å². The van der Waals surface area contributed by atoms with Crippen LogP contribution in [0.2, 0.25) is 0 Å². The maximum absolute atomic E-state index is 11.4. The lowest BCUT2D eigenvalue weighted by atomic mass is 9.91. The molecule has 170 valence electrons. The first-order valence-corrected chi connectivity index (χ1v) is 11.3. The lowest BCUT2D eigenvalue weighted by Gasteiger charge is -2.16. The number of aromatic nitrogens is 1. The number of carbonyl (C=O) groups excluding carboxylic acids is 1. The molecule has 1 aromatic heterocycles.